The van der Waals surface area contributed by atoms with Crippen molar-refractivity contribution in [2.24, 2.45) is 17.8 Å². The van der Waals surface area contributed by atoms with Crippen molar-refractivity contribution in [1.82, 2.24) is 9.97 Å². The van der Waals surface area contributed by atoms with Gasteiger partial charge in [0.25, 0.3) is 0 Å². The molecule has 152 valence electrons. The molecule has 0 amide bonds. The minimum Gasteiger partial charge on any atom is -0.233 e. The van der Waals surface area contributed by atoms with E-state index in [9.17, 15) is 13.2 Å². The Labute approximate surface area is 161 Å². The van der Waals surface area contributed by atoms with Crippen LogP contribution >= 0.6 is 0 Å². The molecule has 0 unspecified atom stereocenters. The number of aromatic nitrogens is 2. The molecule has 0 bridgehead atoms. The van der Waals surface area contributed by atoms with Gasteiger partial charge in [-0.3, -0.25) is 0 Å². The summed E-state index contributed by atoms with van der Waals surface area (Å²) in [6, 6.07) is 0. The number of halogens is 3. The van der Waals surface area contributed by atoms with Gasteiger partial charge < -0.3 is 0 Å². The van der Waals surface area contributed by atoms with E-state index in [1.807, 2.05) is 0 Å². The number of nitrogens with zero attached hydrogens (tertiary/aromatic N) is 2. The molecule has 3 rings (SSSR count). The van der Waals surface area contributed by atoms with Gasteiger partial charge in [-0.1, -0.05) is 45.4 Å². The number of hydrogen-bond acceptors (Lipinski definition) is 2. The molecule has 0 saturated heterocycles. The summed E-state index contributed by atoms with van der Waals surface area (Å²) >= 11 is 0. The second-order valence-corrected chi connectivity index (χ2v) is 8.73. The van der Waals surface area contributed by atoms with Gasteiger partial charge in [-0.2, -0.15) is 13.2 Å². The smallest absolute Gasteiger partial charge is 0.233 e. The maximum Gasteiger partial charge on any atom is 0.451 e. The fourth-order valence-corrected chi connectivity index (χ4v) is 5.25. The predicted octanol–water partition coefficient (Wildman–Crippen LogP) is 7.16. The minimum atomic E-state index is -4.45. The summed E-state index contributed by atoms with van der Waals surface area (Å²) in [5.74, 6) is 1.93. The molecule has 0 atom stereocenters. The first-order chi connectivity index (χ1) is 13.0. The first-order valence-electron chi connectivity index (χ1n) is 10.9. The van der Waals surface area contributed by atoms with Crippen LogP contribution in [0.1, 0.15) is 101 Å². The van der Waals surface area contributed by atoms with Crippen LogP contribution in [0.5, 0.6) is 0 Å². The maximum atomic E-state index is 12.6. The Kier molecular flexibility index (Phi) is 7.16. The second-order valence-electron chi connectivity index (χ2n) is 8.73. The van der Waals surface area contributed by atoms with E-state index in [1.165, 1.54) is 76.6 Å². The Morgan fingerprint density at radius 1 is 0.852 bits per heavy atom. The third kappa shape index (κ3) is 5.68. The maximum absolute atomic E-state index is 12.6. The average molecular weight is 383 g/mol. The fourth-order valence-electron chi connectivity index (χ4n) is 5.25. The van der Waals surface area contributed by atoms with Crippen molar-refractivity contribution in [1.29, 1.82) is 0 Å². The van der Waals surface area contributed by atoms with E-state index in [4.69, 9.17) is 0 Å². The molecule has 2 fully saturated rings. The highest BCUT2D eigenvalue weighted by atomic mass is 19.4. The van der Waals surface area contributed by atoms with Crippen molar-refractivity contribution in [3.05, 3.63) is 23.8 Å². The van der Waals surface area contributed by atoms with E-state index in [0.717, 1.165) is 36.2 Å². The quantitative estimate of drug-likeness (QED) is 0.488. The summed E-state index contributed by atoms with van der Waals surface area (Å²) in [5, 5.41) is 0. The van der Waals surface area contributed by atoms with Crippen LogP contribution in [0.3, 0.4) is 0 Å². The Hall–Kier alpha value is -1.13. The van der Waals surface area contributed by atoms with Gasteiger partial charge in [0.1, 0.15) is 0 Å². The molecule has 0 aliphatic heterocycles. The van der Waals surface area contributed by atoms with E-state index in [1.54, 1.807) is 0 Å². The van der Waals surface area contributed by atoms with Gasteiger partial charge in [0, 0.05) is 12.4 Å². The highest BCUT2D eigenvalue weighted by Gasteiger charge is 2.35. The van der Waals surface area contributed by atoms with Crippen molar-refractivity contribution in [3.8, 4) is 0 Å². The zero-order valence-electron chi connectivity index (χ0n) is 16.5. The Morgan fingerprint density at radius 3 is 1.93 bits per heavy atom. The molecule has 1 aromatic heterocycles. The van der Waals surface area contributed by atoms with E-state index in [2.05, 4.69) is 16.9 Å². The molecule has 2 nitrogen and oxygen atoms in total. The van der Waals surface area contributed by atoms with Crippen LogP contribution in [-0.4, -0.2) is 9.97 Å². The van der Waals surface area contributed by atoms with E-state index >= 15 is 0 Å². The highest BCUT2D eigenvalue weighted by Crippen LogP contribution is 2.44. The van der Waals surface area contributed by atoms with Crippen molar-refractivity contribution in [2.45, 2.75) is 96.1 Å². The van der Waals surface area contributed by atoms with Crippen LogP contribution in [0.25, 0.3) is 0 Å². The van der Waals surface area contributed by atoms with E-state index in [0.29, 0.717) is 5.92 Å². The zero-order valence-corrected chi connectivity index (χ0v) is 16.5. The molecular weight excluding hydrogens is 349 g/mol. The van der Waals surface area contributed by atoms with E-state index < -0.39 is 12.0 Å². The van der Waals surface area contributed by atoms with Gasteiger partial charge >= 0.3 is 6.18 Å². The normalized spacial score (nSPS) is 29.6. The average Bonchev–Trinajstić information content (AvgIpc) is 2.68. The predicted molar refractivity (Wildman–Crippen MR) is 101 cm³/mol. The number of rotatable bonds is 6. The molecule has 0 N–H and O–H groups in total. The molecule has 5 heteroatoms. The van der Waals surface area contributed by atoms with Gasteiger partial charge in [0.2, 0.25) is 5.82 Å². The lowest BCUT2D eigenvalue weighted by molar-refractivity contribution is -0.145. The van der Waals surface area contributed by atoms with Crippen molar-refractivity contribution in [3.63, 3.8) is 0 Å². The first-order valence-corrected chi connectivity index (χ1v) is 10.9. The Bertz CT molecular complexity index is 554. The molecule has 0 aromatic carbocycles. The van der Waals surface area contributed by atoms with Crippen LogP contribution in [0, 0.1) is 17.8 Å². The van der Waals surface area contributed by atoms with Gasteiger partial charge in [0.05, 0.1) is 0 Å². The van der Waals surface area contributed by atoms with Crippen LogP contribution in [0.15, 0.2) is 12.4 Å². The lowest BCUT2D eigenvalue weighted by atomic mass is 9.68. The molecule has 27 heavy (non-hydrogen) atoms. The van der Waals surface area contributed by atoms with Crippen molar-refractivity contribution in [2.75, 3.05) is 0 Å². The summed E-state index contributed by atoms with van der Waals surface area (Å²) < 4.78 is 37.8. The van der Waals surface area contributed by atoms with Gasteiger partial charge in [-0.15, -0.1) is 0 Å². The second kappa shape index (κ2) is 9.38. The third-order valence-corrected chi connectivity index (χ3v) is 6.94. The van der Waals surface area contributed by atoms with Crippen molar-refractivity contribution >= 4 is 0 Å². The van der Waals surface area contributed by atoms with E-state index in [-0.39, 0.29) is 0 Å². The first kappa shape index (κ1) is 20.6. The molecule has 0 spiro atoms. The zero-order chi connectivity index (χ0) is 19.3. The Balaban J connectivity index is 1.43. The third-order valence-electron chi connectivity index (χ3n) is 6.94. The SMILES string of the molecule is CCCCCC1CCC(C2CCC(c3cnc(C(F)(F)F)nc3)CC2)CC1. The summed E-state index contributed by atoms with van der Waals surface area (Å²) in [4.78, 5) is 7.07. The summed E-state index contributed by atoms with van der Waals surface area (Å²) in [6.45, 7) is 2.27. The van der Waals surface area contributed by atoms with Gasteiger partial charge in [0.15, 0.2) is 0 Å². The summed E-state index contributed by atoms with van der Waals surface area (Å²) in [5.41, 5.74) is 0.876. The van der Waals surface area contributed by atoms with Crippen LogP contribution in [-0.2, 0) is 6.18 Å². The molecule has 1 heterocycles. The summed E-state index contributed by atoms with van der Waals surface area (Å²) in [6.07, 6.45) is 13.9. The number of hydrogen-bond donors (Lipinski definition) is 0. The topological polar surface area (TPSA) is 25.8 Å². The van der Waals surface area contributed by atoms with Crippen molar-refractivity contribution < 1.29 is 13.2 Å². The fraction of sp³-hybridized carbons (Fsp3) is 0.818. The van der Waals surface area contributed by atoms with Gasteiger partial charge in [-0.05, 0) is 67.8 Å². The van der Waals surface area contributed by atoms with Gasteiger partial charge in [-0.25, -0.2) is 9.97 Å². The molecule has 0 radical (unpaired) electrons. The summed E-state index contributed by atoms with van der Waals surface area (Å²) in [7, 11) is 0. The number of alkyl halides is 3. The molecule has 1 aromatic rings. The number of unbranched alkanes of at least 4 members (excludes halogenated alkanes) is 2. The highest BCUT2D eigenvalue weighted by molar-refractivity contribution is 5.13. The van der Waals surface area contributed by atoms with Crippen LogP contribution in [0.4, 0.5) is 13.2 Å². The lowest BCUT2D eigenvalue weighted by Gasteiger charge is -2.38. The molecule has 2 aliphatic rings. The Morgan fingerprint density at radius 2 is 1.41 bits per heavy atom. The lowest BCUT2D eigenvalue weighted by Crippen LogP contribution is -2.25. The van der Waals surface area contributed by atoms with Crippen LogP contribution in [0.2, 0.25) is 0 Å². The molecular formula is C22H33F3N2. The van der Waals surface area contributed by atoms with Crippen LogP contribution < -0.4 is 0 Å². The molecule has 2 aliphatic carbocycles. The monoisotopic (exact) mass is 382 g/mol. The minimum absolute atomic E-state index is 0.328. The standard InChI is InChI=1S/C22H33F3N2/c1-2-3-4-5-16-6-8-17(9-7-16)18-10-12-19(13-11-18)20-14-26-21(27-15-20)22(23,24)25/h14-19H,2-13H2,1H3. The largest absolute Gasteiger partial charge is 0.451 e. The molecule has 2 saturated carbocycles.